The number of benzene rings is 1. The third kappa shape index (κ3) is 2.16. The number of ether oxygens (including phenoxy) is 1. The molecule has 0 amide bonds. The molecule has 0 N–H and O–H groups in total. The molecule has 0 saturated heterocycles. The van der Waals surface area contributed by atoms with Crippen LogP contribution in [0.25, 0.3) is 0 Å². The van der Waals surface area contributed by atoms with Gasteiger partial charge in [0.05, 0.1) is 16.7 Å². The Morgan fingerprint density at radius 2 is 2.00 bits per heavy atom. The van der Waals surface area contributed by atoms with E-state index >= 15 is 0 Å². The second kappa shape index (κ2) is 4.18. The second-order valence-corrected chi connectivity index (χ2v) is 2.38. The summed E-state index contributed by atoms with van der Waals surface area (Å²) in [7, 11) is 0. The molecule has 1 aromatic rings. The lowest BCUT2D eigenvalue weighted by Gasteiger charge is -1.97. The summed E-state index contributed by atoms with van der Waals surface area (Å²) < 4.78 is 4.48. The zero-order valence-electron chi connectivity index (χ0n) is 7.17. The molecular weight excluding hydrogens is 186 g/mol. The van der Waals surface area contributed by atoms with E-state index in [0.717, 1.165) is 6.26 Å². The Hall–Kier alpha value is -2.17. The first-order valence-electron chi connectivity index (χ1n) is 3.71. The van der Waals surface area contributed by atoms with Gasteiger partial charge in [-0.05, 0) is 12.1 Å². The van der Waals surface area contributed by atoms with Gasteiger partial charge in [-0.2, -0.15) is 0 Å². The lowest BCUT2D eigenvalue weighted by molar-refractivity contribution is -0.384. The molecule has 0 spiro atoms. The molecular formula is C9H7NO4. The average molecular weight is 193 g/mol. The molecule has 0 bridgehead atoms. The number of non-ortho nitro benzene ring substituents is 1. The van der Waals surface area contributed by atoms with Crippen LogP contribution in [0.3, 0.4) is 0 Å². The van der Waals surface area contributed by atoms with Gasteiger partial charge in [0.25, 0.3) is 5.69 Å². The molecule has 72 valence electrons. The maximum absolute atomic E-state index is 11.1. The van der Waals surface area contributed by atoms with Crippen molar-refractivity contribution in [2.45, 2.75) is 0 Å². The highest BCUT2D eigenvalue weighted by atomic mass is 16.6. The number of rotatable bonds is 3. The van der Waals surface area contributed by atoms with Crippen LogP contribution in [-0.4, -0.2) is 10.9 Å². The van der Waals surface area contributed by atoms with Crippen molar-refractivity contribution >= 4 is 11.7 Å². The Morgan fingerprint density at radius 3 is 2.43 bits per heavy atom. The molecule has 0 aliphatic carbocycles. The molecule has 0 atom stereocenters. The van der Waals surface area contributed by atoms with Gasteiger partial charge in [-0.3, -0.25) is 10.1 Å². The van der Waals surface area contributed by atoms with Crippen LogP contribution < -0.4 is 0 Å². The Bertz CT molecular complexity index is 369. The van der Waals surface area contributed by atoms with Crippen LogP contribution in [0.1, 0.15) is 10.4 Å². The third-order valence-corrected chi connectivity index (χ3v) is 1.50. The van der Waals surface area contributed by atoms with Gasteiger partial charge in [0.15, 0.2) is 0 Å². The zero-order valence-corrected chi connectivity index (χ0v) is 7.17. The number of nitro benzene ring substituents is 1. The SMILES string of the molecule is C=COC(=O)c1ccc([N+](=O)[O-])cc1. The van der Waals surface area contributed by atoms with Crippen molar-refractivity contribution in [3.05, 3.63) is 52.8 Å². The lowest BCUT2D eigenvalue weighted by atomic mass is 10.2. The highest BCUT2D eigenvalue weighted by molar-refractivity contribution is 5.89. The van der Waals surface area contributed by atoms with E-state index in [1.165, 1.54) is 24.3 Å². The van der Waals surface area contributed by atoms with Crippen LogP contribution in [0, 0.1) is 10.1 Å². The van der Waals surface area contributed by atoms with E-state index in [-0.39, 0.29) is 11.3 Å². The quantitative estimate of drug-likeness (QED) is 0.318. The molecule has 5 heteroatoms. The number of nitrogens with zero attached hydrogens (tertiary/aromatic N) is 1. The molecule has 0 saturated carbocycles. The van der Waals surface area contributed by atoms with Crippen molar-refractivity contribution in [3.8, 4) is 0 Å². The first kappa shape index (κ1) is 9.91. The van der Waals surface area contributed by atoms with Crippen molar-refractivity contribution in [1.29, 1.82) is 0 Å². The van der Waals surface area contributed by atoms with Gasteiger partial charge >= 0.3 is 5.97 Å². The van der Waals surface area contributed by atoms with Gasteiger partial charge in [0.2, 0.25) is 0 Å². The summed E-state index contributed by atoms with van der Waals surface area (Å²) in [5, 5.41) is 10.3. The smallest absolute Gasteiger partial charge is 0.342 e. The number of carbonyl (C=O) groups is 1. The zero-order chi connectivity index (χ0) is 10.6. The van der Waals surface area contributed by atoms with Crippen molar-refractivity contribution in [1.82, 2.24) is 0 Å². The summed E-state index contributed by atoms with van der Waals surface area (Å²) in [6.45, 7) is 3.22. The first-order valence-corrected chi connectivity index (χ1v) is 3.71. The summed E-state index contributed by atoms with van der Waals surface area (Å²) in [5.41, 5.74) is 0.177. The van der Waals surface area contributed by atoms with Crippen molar-refractivity contribution in [3.63, 3.8) is 0 Å². The van der Waals surface area contributed by atoms with E-state index in [2.05, 4.69) is 11.3 Å². The number of nitro groups is 1. The van der Waals surface area contributed by atoms with E-state index in [9.17, 15) is 14.9 Å². The van der Waals surface area contributed by atoms with Crippen LogP contribution in [-0.2, 0) is 4.74 Å². The summed E-state index contributed by atoms with van der Waals surface area (Å²) in [6, 6.07) is 5.12. The lowest BCUT2D eigenvalue weighted by Crippen LogP contribution is -2.00. The molecule has 0 aromatic heterocycles. The summed E-state index contributed by atoms with van der Waals surface area (Å²) in [6.07, 6.45) is 1.00. The Balaban J connectivity index is 2.88. The molecule has 14 heavy (non-hydrogen) atoms. The molecule has 5 nitrogen and oxygen atoms in total. The Kier molecular flexibility index (Phi) is 2.96. The Morgan fingerprint density at radius 1 is 1.43 bits per heavy atom. The van der Waals surface area contributed by atoms with E-state index in [1.54, 1.807) is 0 Å². The minimum absolute atomic E-state index is 0.0693. The third-order valence-electron chi connectivity index (χ3n) is 1.50. The molecule has 0 fully saturated rings. The van der Waals surface area contributed by atoms with Crippen LogP contribution in [0.15, 0.2) is 37.1 Å². The van der Waals surface area contributed by atoms with E-state index in [0.29, 0.717) is 0 Å². The number of hydrogen-bond acceptors (Lipinski definition) is 4. The van der Waals surface area contributed by atoms with Crippen LogP contribution in [0.5, 0.6) is 0 Å². The van der Waals surface area contributed by atoms with Gasteiger partial charge < -0.3 is 4.74 Å². The van der Waals surface area contributed by atoms with Gasteiger partial charge in [-0.25, -0.2) is 4.79 Å². The monoisotopic (exact) mass is 193 g/mol. The maximum atomic E-state index is 11.1. The van der Waals surface area contributed by atoms with Crippen molar-refractivity contribution in [2.24, 2.45) is 0 Å². The largest absolute Gasteiger partial charge is 0.432 e. The van der Waals surface area contributed by atoms with E-state index < -0.39 is 10.9 Å². The molecule has 0 unspecified atom stereocenters. The fourth-order valence-corrected chi connectivity index (χ4v) is 0.863. The number of esters is 1. The topological polar surface area (TPSA) is 69.4 Å². The fourth-order valence-electron chi connectivity index (χ4n) is 0.863. The highest BCUT2D eigenvalue weighted by Gasteiger charge is 2.08. The van der Waals surface area contributed by atoms with Gasteiger partial charge in [0.1, 0.15) is 0 Å². The van der Waals surface area contributed by atoms with Gasteiger partial charge in [0, 0.05) is 12.1 Å². The molecule has 1 aromatic carbocycles. The minimum atomic E-state index is -0.588. The standard InChI is InChI=1S/C9H7NO4/c1-2-14-9(11)7-3-5-8(6-4-7)10(12)13/h2-6H,1H2. The molecule has 0 aliphatic heterocycles. The van der Waals surface area contributed by atoms with Gasteiger partial charge in [-0.15, -0.1) is 0 Å². The van der Waals surface area contributed by atoms with Crippen LogP contribution in [0.2, 0.25) is 0 Å². The molecule has 0 aliphatic rings. The summed E-state index contributed by atoms with van der Waals surface area (Å²) in [4.78, 5) is 20.8. The van der Waals surface area contributed by atoms with Crippen LogP contribution >= 0.6 is 0 Å². The maximum Gasteiger partial charge on any atom is 0.342 e. The Labute approximate surface area is 79.8 Å². The first-order chi connectivity index (χ1) is 6.65. The second-order valence-electron chi connectivity index (χ2n) is 2.38. The van der Waals surface area contributed by atoms with E-state index in [4.69, 9.17) is 0 Å². The fraction of sp³-hybridized carbons (Fsp3) is 0. The number of carbonyl (C=O) groups excluding carboxylic acids is 1. The summed E-state index contributed by atoms with van der Waals surface area (Å²) in [5.74, 6) is -0.588. The molecule has 0 heterocycles. The van der Waals surface area contributed by atoms with Crippen LogP contribution in [0.4, 0.5) is 5.69 Å². The predicted octanol–water partition coefficient (Wildman–Crippen LogP) is 1.90. The van der Waals surface area contributed by atoms with Crippen molar-refractivity contribution < 1.29 is 14.5 Å². The predicted molar refractivity (Wildman–Crippen MR) is 48.7 cm³/mol. The van der Waals surface area contributed by atoms with Crippen molar-refractivity contribution in [2.75, 3.05) is 0 Å². The average Bonchev–Trinajstić information content (AvgIpc) is 2.18. The number of hydrogen-bond donors (Lipinski definition) is 0. The molecule has 1 rings (SSSR count). The highest BCUT2D eigenvalue weighted by Crippen LogP contribution is 2.12. The summed E-state index contributed by atoms with van der Waals surface area (Å²) >= 11 is 0. The van der Waals surface area contributed by atoms with Gasteiger partial charge in [-0.1, -0.05) is 6.58 Å². The molecule has 0 radical (unpaired) electrons. The minimum Gasteiger partial charge on any atom is -0.432 e. The van der Waals surface area contributed by atoms with E-state index in [1.807, 2.05) is 0 Å². The normalized spacial score (nSPS) is 9.14.